The van der Waals surface area contributed by atoms with Crippen LogP contribution >= 0.6 is 17.0 Å². The number of carbonyl (C=O) groups is 1. The van der Waals surface area contributed by atoms with Gasteiger partial charge in [-0.3, -0.25) is 4.79 Å². The van der Waals surface area contributed by atoms with Crippen LogP contribution in [-0.4, -0.2) is 29.0 Å². The van der Waals surface area contributed by atoms with Gasteiger partial charge in [0.15, 0.2) is 11.5 Å². The number of rotatable bonds is 20. The summed E-state index contributed by atoms with van der Waals surface area (Å²) >= 11 is 0. The van der Waals surface area contributed by atoms with Crippen LogP contribution in [0.4, 0.5) is 5.69 Å². The van der Waals surface area contributed by atoms with Crippen molar-refractivity contribution in [1.82, 2.24) is 9.38 Å². The van der Waals surface area contributed by atoms with Crippen molar-refractivity contribution in [3.8, 4) is 11.5 Å². The quantitative estimate of drug-likeness (QED) is 0.0874. The van der Waals surface area contributed by atoms with Crippen LogP contribution in [0.3, 0.4) is 0 Å². The van der Waals surface area contributed by atoms with Crippen molar-refractivity contribution < 1.29 is 14.3 Å². The highest BCUT2D eigenvalue weighted by Gasteiger charge is 2.15. The number of fused-ring (bicyclic) bond motifs is 1. The van der Waals surface area contributed by atoms with Crippen molar-refractivity contribution in [2.24, 2.45) is 0 Å². The molecule has 0 N–H and O–H groups in total. The van der Waals surface area contributed by atoms with E-state index in [4.69, 9.17) is 9.47 Å². The molecule has 7 heteroatoms. The summed E-state index contributed by atoms with van der Waals surface area (Å²) in [5, 5.41) is 0. The minimum atomic E-state index is -0.0109. The molecule has 6 nitrogen and oxygen atoms in total. The maximum Gasteiger partial charge on any atom is 0.224 e. The molecule has 4 rings (SSSR count). The maximum absolute atomic E-state index is 12.8. The molecule has 0 fully saturated rings. The van der Waals surface area contributed by atoms with Crippen LogP contribution in [0.5, 0.6) is 11.5 Å². The van der Waals surface area contributed by atoms with Gasteiger partial charge >= 0.3 is 0 Å². The molecular weight excluding hydrogens is 626 g/mol. The molecule has 4 aromatic rings. The van der Waals surface area contributed by atoms with Crippen LogP contribution in [-0.2, 0) is 17.8 Å². The lowest BCUT2D eigenvalue weighted by atomic mass is 10.1. The number of amides is 1. The zero-order chi connectivity index (χ0) is 31.0. The molecule has 0 saturated heterocycles. The van der Waals surface area contributed by atoms with Gasteiger partial charge in [-0.15, -0.1) is 17.0 Å². The van der Waals surface area contributed by atoms with Crippen molar-refractivity contribution in [3.63, 3.8) is 0 Å². The van der Waals surface area contributed by atoms with Crippen molar-refractivity contribution in [3.05, 3.63) is 90.0 Å². The summed E-state index contributed by atoms with van der Waals surface area (Å²) in [4.78, 5) is 19.2. The Balaban J connectivity index is 0.00000552. The van der Waals surface area contributed by atoms with Gasteiger partial charge in [0.25, 0.3) is 0 Å². The number of carbonyl (C=O) groups excluding carboxylic acids is 1. The molecule has 244 valence electrons. The first-order chi connectivity index (χ1) is 21.6. The summed E-state index contributed by atoms with van der Waals surface area (Å²) in [7, 11) is 1.67. The summed E-state index contributed by atoms with van der Waals surface area (Å²) in [5.74, 6) is 2.41. The molecule has 0 unspecified atom stereocenters. The Morgan fingerprint density at radius 2 is 1.51 bits per heavy atom. The van der Waals surface area contributed by atoms with Gasteiger partial charge in [0.2, 0.25) is 5.91 Å². The second-order valence-corrected chi connectivity index (χ2v) is 11.8. The van der Waals surface area contributed by atoms with E-state index in [1.165, 1.54) is 70.6 Å². The summed E-state index contributed by atoms with van der Waals surface area (Å²) in [6.07, 6.45) is 20.4. The first-order valence-corrected chi connectivity index (χ1v) is 16.7. The number of pyridine rings is 1. The molecular formula is C38H52BrN3O3. The second-order valence-electron chi connectivity index (χ2n) is 11.8. The highest BCUT2D eigenvalue weighted by molar-refractivity contribution is 8.93. The monoisotopic (exact) mass is 677 g/mol. The first kappa shape index (κ1) is 36.2. The lowest BCUT2D eigenvalue weighted by Crippen LogP contribution is -2.27. The number of halogens is 1. The standard InChI is InChI=1S/C38H51N3O3.BrH/c1-4-5-6-7-8-9-10-11-12-13-14-17-25-44-37-27-33(22-23-36(37)43-3)30-41(31(2)42)34-21-18-19-32(26-34)28-38-39-29-35-20-15-16-24-40(35)38;/h15-16,18-24,26-27,29H,4-14,17,25,28,30H2,1-3H3;1H. The Bertz CT molecular complexity index is 1440. The number of benzene rings is 2. The van der Waals surface area contributed by atoms with Crippen LogP contribution in [0.25, 0.3) is 5.52 Å². The maximum atomic E-state index is 12.8. The second kappa shape index (κ2) is 19.9. The highest BCUT2D eigenvalue weighted by atomic mass is 79.9. The van der Waals surface area contributed by atoms with E-state index in [1.54, 1.807) is 14.0 Å². The molecule has 2 aromatic heterocycles. The van der Waals surface area contributed by atoms with E-state index in [0.717, 1.165) is 46.1 Å². The van der Waals surface area contributed by atoms with E-state index in [2.05, 4.69) is 34.5 Å². The van der Waals surface area contributed by atoms with Crippen LogP contribution in [0.1, 0.15) is 108 Å². The minimum Gasteiger partial charge on any atom is -0.493 e. The number of unbranched alkanes of at least 4 members (excludes halogenated alkanes) is 11. The van der Waals surface area contributed by atoms with Gasteiger partial charge in [-0.05, 0) is 53.9 Å². The molecule has 45 heavy (non-hydrogen) atoms. The van der Waals surface area contributed by atoms with Gasteiger partial charge in [0.1, 0.15) is 5.82 Å². The van der Waals surface area contributed by atoms with E-state index in [0.29, 0.717) is 19.6 Å². The smallest absolute Gasteiger partial charge is 0.224 e. The van der Waals surface area contributed by atoms with Gasteiger partial charge in [0.05, 0.1) is 32.0 Å². The average molecular weight is 679 g/mol. The van der Waals surface area contributed by atoms with Gasteiger partial charge in [0, 0.05) is 25.2 Å². The minimum absolute atomic E-state index is 0. The van der Waals surface area contributed by atoms with Crippen molar-refractivity contribution in [2.45, 2.75) is 104 Å². The van der Waals surface area contributed by atoms with Crippen LogP contribution in [0, 0.1) is 0 Å². The summed E-state index contributed by atoms with van der Waals surface area (Å²) in [6.45, 7) is 5.00. The molecule has 0 aliphatic rings. The Morgan fingerprint density at radius 3 is 2.20 bits per heavy atom. The zero-order valence-corrected chi connectivity index (χ0v) is 29.2. The zero-order valence-electron chi connectivity index (χ0n) is 27.5. The number of imidazole rings is 1. The average Bonchev–Trinajstić information content (AvgIpc) is 3.44. The molecule has 1 amide bonds. The molecule has 0 bridgehead atoms. The summed E-state index contributed by atoms with van der Waals surface area (Å²) in [6, 6.07) is 20.2. The fourth-order valence-electron chi connectivity index (χ4n) is 5.77. The largest absolute Gasteiger partial charge is 0.493 e. The normalized spacial score (nSPS) is 10.9. The Hall–Kier alpha value is -3.32. The molecule has 0 saturated carbocycles. The number of ether oxygens (including phenoxy) is 2. The fraction of sp³-hybridized carbons (Fsp3) is 0.474. The predicted octanol–water partition coefficient (Wildman–Crippen LogP) is 10.1. The van der Waals surface area contributed by atoms with Gasteiger partial charge in [-0.1, -0.05) is 102 Å². The predicted molar refractivity (Wildman–Crippen MR) is 191 cm³/mol. The van der Waals surface area contributed by atoms with Gasteiger partial charge in [-0.2, -0.15) is 0 Å². The molecule has 2 heterocycles. The van der Waals surface area contributed by atoms with Gasteiger partial charge in [-0.25, -0.2) is 4.98 Å². The molecule has 0 radical (unpaired) electrons. The van der Waals surface area contributed by atoms with E-state index >= 15 is 0 Å². The van der Waals surface area contributed by atoms with E-state index in [1.807, 2.05) is 59.8 Å². The van der Waals surface area contributed by atoms with Crippen molar-refractivity contribution in [1.29, 1.82) is 0 Å². The molecule has 0 spiro atoms. The number of aromatic nitrogens is 2. The van der Waals surface area contributed by atoms with Crippen molar-refractivity contribution >= 4 is 34.1 Å². The van der Waals surface area contributed by atoms with Gasteiger partial charge < -0.3 is 18.8 Å². The summed E-state index contributed by atoms with van der Waals surface area (Å²) < 4.78 is 13.9. The van der Waals surface area contributed by atoms with Crippen molar-refractivity contribution in [2.75, 3.05) is 18.6 Å². The highest BCUT2D eigenvalue weighted by Crippen LogP contribution is 2.30. The Kier molecular flexibility index (Phi) is 16.0. The number of methoxy groups -OCH3 is 1. The van der Waals surface area contributed by atoms with E-state index in [9.17, 15) is 4.79 Å². The van der Waals surface area contributed by atoms with Crippen LogP contribution in [0.2, 0.25) is 0 Å². The van der Waals surface area contributed by atoms with E-state index < -0.39 is 0 Å². The van der Waals surface area contributed by atoms with Crippen LogP contribution < -0.4 is 14.4 Å². The topological polar surface area (TPSA) is 56.1 Å². The number of hydrogen-bond acceptors (Lipinski definition) is 4. The SMILES string of the molecule is Br.CCCCCCCCCCCCCCOc1cc(CN(C(C)=O)c2cccc(Cc3ncc4ccccn34)c2)ccc1OC. The molecule has 0 atom stereocenters. The number of anilines is 1. The molecule has 0 aliphatic heterocycles. The third kappa shape index (κ3) is 11.5. The van der Waals surface area contributed by atoms with Crippen LogP contribution in [0.15, 0.2) is 73.1 Å². The van der Waals surface area contributed by atoms with E-state index in [-0.39, 0.29) is 22.9 Å². The molecule has 2 aromatic carbocycles. The lowest BCUT2D eigenvalue weighted by Gasteiger charge is -2.23. The third-order valence-electron chi connectivity index (χ3n) is 8.30. The third-order valence-corrected chi connectivity index (χ3v) is 8.30. The number of hydrogen-bond donors (Lipinski definition) is 0. The lowest BCUT2D eigenvalue weighted by molar-refractivity contribution is -0.116. The molecule has 0 aliphatic carbocycles. The summed E-state index contributed by atoms with van der Waals surface area (Å²) in [5.41, 5.74) is 4.03. The fourth-order valence-corrected chi connectivity index (χ4v) is 5.77. The first-order valence-electron chi connectivity index (χ1n) is 16.7. The number of nitrogens with zero attached hydrogens (tertiary/aromatic N) is 3. The Labute approximate surface area is 280 Å². The Morgan fingerprint density at radius 1 is 0.800 bits per heavy atom.